The molecule has 0 bridgehead atoms. The molecule has 0 amide bonds. The number of nitrogens with zero attached hydrogens (tertiary/aromatic N) is 1. The Bertz CT molecular complexity index is 396. The second-order valence-electron chi connectivity index (χ2n) is 5.54. The Morgan fingerprint density at radius 2 is 2.09 bits per heavy atom. The van der Waals surface area contributed by atoms with E-state index < -0.39 is 0 Å². The Kier molecular flexibility index (Phi) is 12.9. The summed E-state index contributed by atoms with van der Waals surface area (Å²) in [4.78, 5) is 5.69. The van der Waals surface area contributed by atoms with E-state index in [1.807, 2.05) is 18.4 Å². The molecule has 0 aliphatic rings. The third kappa shape index (κ3) is 10.4. The van der Waals surface area contributed by atoms with E-state index in [4.69, 9.17) is 4.74 Å². The van der Waals surface area contributed by atoms with Gasteiger partial charge in [-0.05, 0) is 44.1 Å². The topological polar surface area (TPSA) is 45.7 Å². The van der Waals surface area contributed by atoms with Gasteiger partial charge in [-0.25, -0.2) is 0 Å². The van der Waals surface area contributed by atoms with Crippen molar-refractivity contribution < 1.29 is 4.74 Å². The first kappa shape index (κ1) is 21.7. The minimum Gasteiger partial charge on any atom is -0.379 e. The molecule has 2 N–H and O–H groups in total. The summed E-state index contributed by atoms with van der Waals surface area (Å²) in [6, 6.07) is 4.31. The van der Waals surface area contributed by atoms with Crippen LogP contribution in [0.2, 0.25) is 0 Å². The molecule has 1 unspecified atom stereocenters. The summed E-state index contributed by atoms with van der Waals surface area (Å²) in [6.07, 6.45) is 2.41. The van der Waals surface area contributed by atoms with Crippen LogP contribution in [0.3, 0.4) is 0 Å². The summed E-state index contributed by atoms with van der Waals surface area (Å²) < 4.78 is 5.52. The summed E-state index contributed by atoms with van der Waals surface area (Å²) in [5.74, 6) is 1.46. The molecule has 1 aromatic rings. The highest BCUT2D eigenvalue weighted by atomic mass is 127. The molecule has 0 aliphatic carbocycles. The molecule has 0 aromatic carbocycles. The fraction of sp³-hybridized carbons (Fsp3) is 0.688. The minimum absolute atomic E-state index is 0. The van der Waals surface area contributed by atoms with E-state index in [0.717, 1.165) is 38.5 Å². The smallest absolute Gasteiger partial charge is 0.190 e. The molecule has 128 valence electrons. The number of halogens is 1. The van der Waals surface area contributed by atoms with Crippen molar-refractivity contribution in [1.29, 1.82) is 0 Å². The predicted octanol–water partition coefficient (Wildman–Crippen LogP) is 3.52. The van der Waals surface area contributed by atoms with Crippen molar-refractivity contribution in [1.82, 2.24) is 10.6 Å². The van der Waals surface area contributed by atoms with E-state index in [9.17, 15) is 0 Å². The van der Waals surface area contributed by atoms with E-state index in [0.29, 0.717) is 12.0 Å². The number of aliphatic imine (C=N–C) groups is 1. The zero-order valence-corrected chi connectivity index (χ0v) is 17.2. The SMILES string of the molecule is CN=C(NCCCOC(C)C)NCC(C)Cc1cccs1.I. The highest BCUT2D eigenvalue weighted by molar-refractivity contribution is 14.0. The Morgan fingerprint density at radius 3 is 2.68 bits per heavy atom. The van der Waals surface area contributed by atoms with Gasteiger partial charge in [-0.15, -0.1) is 35.3 Å². The van der Waals surface area contributed by atoms with Crippen LogP contribution < -0.4 is 10.6 Å². The minimum atomic E-state index is 0. The van der Waals surface area contributed by atoms with Crippen molar-refractivity contribution in [2.24, 2.45) is 10.9 Å². The fourth-order valence-corrected chi connectivity index (χ4v) is 2.80. The van der Waals surface area contributed by atoms with E-state index in [2.05, 4.69) is 53.9 Å². The highest BCUT2D eigenvalue weighted by Crippen LogP contribution is 2.13. The van der Waals surface area contributed by atoms with Crippen molar-refractivity contribution >= 4 is 41.3 Å². The molecule has 0 fully saturated rings. The standard InChI is InChI=1S/C16H29N3OS.HI/c1-13(2)20-9-6-8-18-16(17-4)19-12-14(3)11-15-7-5-10-21-15;/h5,7,10,13-14H,6,8-9,11-12H2,1-4H3,(H2,17,18,19);1H. The average molecular weight is 439 g/mol. The number of rotatable bonds is 9. The van der Waals surface area contributed by atoms with Gasteiger partial charge in [0.15, 0.2) is 5.96 Å². The number of guanidine groups is 1. The molecule has 0 saturated heterocycles. The van der Waals surface area contributed by atoms with Crippen LogP contribution in [0.1, 0.15) is 32.1 Å². The molecule has 1 rings (SSSR count). The molecule has 1 atom stereocenters. The summed E-state index contributed by atoms with van der Waals surface area (Å²) in [7, 11) is 1.81. The van der Waals surface area contributed by atoms with Crippen molar-refractivity contribution in [3.05, 3.63) is 22.4 Å². The third-order valence-corrected chi connectivity index (χ3v) is 3.93. The van der Waals surface area contributed by atoms with E-state index in [1.54, 1.807) is 0 Å². The van der Waals surface area contributed by atoms with Gasteiger partial charge in [0.1, 0.15) is 0 Å². The molecular weight excluding hydrogens is 409 g/mol. The summed E-state index contributed by atoms with van der Waals surface area (Å²) in [6.45, 7) is 8.98. The second-order valence-corrected chi connectivity index (χ2v) is 6.57. The zero-order valence-electron chi connectivity index (χ0n) is 14.1. The summed E-state index contributed by atoms with van der Waals surface area (Å²) in [5.41, 5.74) is 0. The maximum absolute atomic E-state index is 5.52. The van der Waals surface area contributed by atoms with Gasteiger partial charge in [-0.1, -0.05) is 13.0 Å². The van der Waals surface area contributed by atoms with Crippen molar-refractivity contribution in [2.75, 3.05) is 26.7 Å². The van der Waals surface area contributed by atoms with Crippen LogP contribution in [-0.4, -0.2) is 38.8 Å². The third-order valence-electron chi connectivity index (χ3n) is 3.04. The lowest BCUT2D eigenvalue weighted by molar-refractivity contribution is 0.0776. The van der Waals surface area contributed by atoms with Crippen LogP contribution in [0.5, 0.6) is 0 Å². The highest BCUT2D eigenvalue weighted by Gasteiger charge is 2.06. The molecule has 1 aromatic heterocycles. The van der Waals surface area contributed by atoms with Crippen LogP contribution in [0.25, 0.3) is 0 Å². The van der Waals surface area contributed by atoms with Crippen molar-refractivity contribution in [3.63, 3.8) is 0 Å². The van der Waals surface area contributed by atoms with E-state index in [-0.39, 0.29) is 24.0 Å². The Morgan fingerprint density at radius 1 is 1.32 bits per heavy atom. The fourth-order valence-electron chi connectivity index (χ4n) is 1.93. The summed E-state index contributed by atoms with van der Waals surface area (Å²) >= 11 is 1.83. The number of thiophene rings is 1. The second kappa shape index (κ2) is 13.1. The average Bonchev–Trinajstić information content (AvgIpc) is 2.94. The molecule has 0 saturated carbocycles. The van der Waals surface area contributed by atoms with Gasteiger partial charge in [-0.2, -0.15) is 0 Å². The lowest BCUT2D eigenvalue weighted by Gasteiger charge is -2.16. The van der Waals surface area contributed by atoms with Gasteiger partial charge in [0.2, 0.25) is 0 Å². The molecule has 0 aliphatic heterocycles. The molecule has 1 heterocycles. The van der Waals surface area contributed by atoms with Gasteiger partial charge >= 0.3 is 0 Å². The van der Waals surface area contributed by atoms with Crippen molar-refractivity contribution in [3.8, 4) is 0 Å². The van der Waals surface area contributed by atoms with Crippen LogP contribution in [0, 0.1) is 5.92 Å². The van der Waals surface area contributed by atoms with Crippen LogP contribution in [0.15, 0.2) is 22.5 Å². The zero-order chi connectivity index (χ0) is 15.5. The van der Waals surface area contributed by atoms with E-state index in [1.165, 1.54) is 4.88 Å². The first-order valence-electron chi connectivity index (χ1n) is 7.70. The maximum Gasteiger partial charge on any atom is 0.190 e. The Balaban J connectivity index is 0.00000441. The lowest BCUT2D eigenvalue weighted by Crippen LogP contribution is -2.40. The van der Waals surface area contributed by atoms with Gasteiger partial charge in [0.05, 0.1) is 6.10 Å². The molecule has 4 nitrogen and oxygen atoms in total. The Hall–Kier alpha value is -0.340. The molecule has 6 heteroatoms. The van der Waals surface area contributed by atoms with Gasteiger partial charge in [0.25, 0.3) is 0 Å². The van der Waals surface area contributed by atoms with Crippen LogP contribution in [0.4, 0.5) is 0 Å². The van der Waals surface area contributed by atoms with Gasteiger partial charge < -0.3 is 15.4 Å². The number of hydrogen-bond donors (Lipinski definition) is 2. The predicted molar refractivity (Wildman–Crippen MR) is 108 cm³/mol. The first-order valence-corrected chi connectivity index (χ1v) is 8.58. The van der Waals surface area contributed by atoms with Crippen molar-refractivity contribution in [2.45, 2.75) is 39.7 Å². The van der Waals surface area contributed by atoms with E-state index >= 15 is 0 Å². The molecule has 0 radical (unpaired) electrons. The molecule has 22 heavy (non-hydrogen) atoms. The lowest BCUT2D eigenvalue weighted by atomic mass is 10.1. The number of nitrogens with one attached hydrogen (secondary N) is 2. The van der Waals surface area contributed by atoms with Crippen LogP contribution >= 0.6 is 35.3 Å². The molecular formula is C16H30IN3OS. The quantitative estimate of drug-likeness (QED) is 0.268. The summed E-state index contributed by atoms with van der Waals surface area (Å²) in [5, 5.41) is 8.84. The number of hydrogen-bond acceptors (Lipinski definition) is 3. The Labute approximate surface area is 156 Å². The number of ether oxygens (including phenoxy) is 1. The van der Waals surface area contributed by atoms with Gasteiger partial charge in [0, 0.05) is 31.6 Å². The maximum atomic E-state index is 5.52. The first-order chi connectivity index (χ1) is 10.1. The normalized spacial score (nSPS) is 12.9. The monoisotopic (exact) mass is 439 g/mol. The van der Waals surface area contributed by atoms with Gasteiger partial charge in [-0.3, -0.25) is 4.99 Å². The largest absolute Gasteiger partial charge is 0.379 e. The van der Waals surface area contributed by atoms with Crippen LogP contribution in [-0.2, 0) is 11.2 Å². The molecule has 0 spiro atoms.